The summed E-state index contributed by atoms with van der Waals surface area (Å²) in [5.41, 5.74) is 0. The Morgan fingerprint density at radius 1 is 1.09 bits per heavy atom. The molecule has 8 heteroatoms. The van der Waals surface area contributed by atoms with E-state index in [0.717, 1.165) is 25.0 Å². The van der Waals surface area contributed by atoms with Gasteiger partial charge in [0.25, 0.3) is 0 Å². The fourth-order valence-electron chi connectivity index (χ4n) is 3.02. The van der Waals surface area contributed by atoms with E-state index in [1.807, 2.05) is 0 Å². The number of sulfonamides is 1. The van der Waals surface area contributed by atoms with Crippen molar-refractivity contribution in [2.75, 3.05) is 13.2 Å². The number of rotatable bonds is 3. The predicted octanol–water partition coefficient (Wildman–Crippen LogP) is 1.93. The number of ether oxygens (including phenoxy) is 2. The zero-order valence-corrected chi connectivity index (χ0v) is 12.7. The number of hydrogen-bond acceptors (Lipinski definition) is 4. The van der Waals surface area contributed by atoms with Crippen molar-refractivity contribution in [3.8, 4) is 0 Å². The Morgan fingerprint density at radius 2 is 1.73 bits per heavy atom. The second kappa shape index (κ2) is 5.84. The van der Waals surface area contributed by atoms with E-state index in [4.69, 9.17) is 9.47 Å². The second-order valence-electron chi connectivity index (χ2n) is 5.53. The first-order chi connectivity index (χ1) is 10.4. The molecule has 2 aliphatic rings. The first-order valence-electron chi connectivity index (χ1n) is 7.18. The molecule has 3 rings (SSSR count). The lowest BCUT2D eigenvalue weighted by molar-refractivity contribution is -0.191. The quantitative estimate of drug-likeness (QED) is 0.918. The molecular weight excluding hydrogens is 316 g/mol. The van der Waals surface area contributed by atoms with Crippen molar-refractivity contribution in [1.29, 1.82) is 0 Å². The van der Waals surface area contributed by atoms with E-state index >= 15 is 0 Å². The topological polar surface area (TPSA) is 64.6 Å². The molecule has 0 aromatic heterocycles. The molecule has 5 nitrogen and oxygen atoms in total. The lowest BCUT2D eigenvalue weighted by atomic mass is 9.90. The first kappa shape index (κ1) is 15.8. The lowest BCUT2D eigenvalue weighted by Gasteiger charge is -2.39. The van der Waals surface area contributed by atoms with Crippen LogP contribution in [-0.4, -0.2) is 33.5 Å². The highest BCUT2D eigenvalue weighted by molar-refractivity contribution is 7.89. The van der Waals surface area contributed by atoms with Crippen LogP contribution in [0.3, 0.4) is 0 Å². The van der Waals surface area contributed by atoms with Gasteiger partial charge in [-0.1, -0.05) is 6.42 Å². The Kier molecular flexibility index (Phi) is 4.19. The van der Waals surface area contributed by atoms with E-state index in [1.165, 1.54) is 0 Å². The highest BCUT2D eigenvalue weighted by atomic mass is 32.2. The number of nitrogens with one attached hydrogen (secondary N) is 1. The Hall–Kier alpha value is -1.09. The van der Waals surface area contributed by atoms with Crippen molar-refractivity contribution in [3.05, 3.63) is 29.8 Å². The van der Waals surface area contributed by atoms with Gasteiger partial charge in [0, 0.05) is 12.5 Å². The van der Waals surface area contributed by atoms with Gasteiger partial charge in [0.15, 0.2) is 5.79 Å². The molecule has 2 fully saturated rings. The molecule has 0 unspecified atom stereocenters. The van der Waals surface area contributed by atoms with Crippen LogP contribution >= 0.6 is 0 Å². The zero-order valence-electron chi connectivity index (χ0n) is 11.8. The van der Waals surface area contributed by atoms with E-state index in [2.05, 4.69) is 4.72 Å². The summed E-state index contributed by atoms with van der Waals surface area (Å²) in [6.45, 7) is 0.819. The van der Waals surface area contributed by atoms with Crippen LogP contribution in [0, 0.1) is 11.6 Å². The van der Waals surface area contributed by atoms with Gasteiger partial charge in [0.1, 0.15) is 11.6 Å². The molecule has 22 heavy (non-hydrogen) atoms. The maximum Gasteiger partial charge on any atom is 0.241 e. The normalized spacial score (nSPS) is 24.7. The van der Waals surface area contributed by atoms with Gasteiger partial charge in [0.2, 0.25) is 10.0 Å². The summed E-state index contributed by atoms with van der Waals surface area (Å²) in [6, 6.07) is 1.64. The van der Waals surface area contributed by atoms with Crippen molar-refractivity contribution in [1.82, 2.24) is 4.72 Å². The molecule has 1 aromatic carbocycles. The van der Waals surface area contributed by atoms with E-state index in [0.29, 0.717) is 32.1 Å². The lowest BCUT2D eigenvalue weighted by Crippen LogP contribution is -2.55. The fraction of sp³-hybridized carbons (Fsp3) is 0.571. The van der Waals surface area contributed by atoms with Crippen LogP contribution in [0.25, 0.3) is 0 Å². The van der Waals surface area contributed by atoms with Gasteiger partial charge in [0.05, 0.1) is 24.2 Å². The average Bonchev–Trinajstić information content (AvgIpc) is 2.90. The summed E-state index contributed by atoms with van der Waals surface area (Å²) in [6.07, 6.45) is 2.86. The molecule has 1 atom stereocenters. The fourth-order valence-corrected chi connectivity index (χ4v) is 4.36. The third-order valence-corrected chi connectivity index (χ3v) is 5.47. The molecular formula is C14H17F2NO4S. The van der Waals surface area contributed by atoms with Gasteiger partial charge in [-0.25, -0.2) is 21.9 Å². The van der Waals surface area contributed by atoms with E-state index in [9.17, 15) is 17.2 Å². The third kappa shape index (κ3) is 3.01. The minimum absolute atomic E-state index is 0.410. The number of hydrogen-bond donors (Lipinski definition) is 1. The molecule has 0 amide bonds. The SMILES string of the molecule is O=S(=O)(N[C@@H]1CCCCC12OCCO2)c1cc(F)cc(F)c1. The standard InChI is InChI=1S/C14H17F2NO4S/c15-10-7-11(16)9-12(8-10)22(18,19)17-13-3-1-2-4-14(13)20-5-6-21-14/h7-9,13,17H,1-6H2/t13-/m1/s1. The molecule has 1 saturated carbocycles. The molecule has 1 aliphatic carbocycles. The molecule has 1 aromatic rings. The van der Waals surface area contributed by atoms with Crippen LogP contribution in [0.4, 0.5) is 8.78 Å². The van der Waals surface area contributed by atoms with Crippen LogP contribution in [0.5, 0.6) is 0 Å². The monoisotopic (exact) mass is 333 g/mol. The molecule has 1 saturated heterocycles. The van der Waals surface area contributed by atoms with Crippen molar-refractivity contribution in [2.45, 2.75) is 42.4 Å². The number of benzene rings is 1. The van der Waals surface area contributed by atoms with Gasteiger partial charge in [-0.2, -0.15) is 0 Å². The summed E-state index contributed by atoms with van der Waals surface area (Å²) in [5, 5.41) is 0. The Morgan fingerprint density at radius 3 is 2.36 bits per heavy atom. The third-order valence-electron chi connectivity index (χ3n) is 4.02. The van der Waals surface area contributed by atoms with E-state index < -0.39 is 38.4 Å². The maximum atomic E-state index is 13.2. The first-order valence-corrected chi connectivity index (χ1v) is 8.66. The summed E-state index contributed by atoms with van der Waals surface area (Å²) < 4.78 is 65.0. The van der Waals surface area contributed by atoms with Crippen molar-refractivity contribution >= 4 is 10.0 Å². The smallest absolute Gasteiger partial charge is 0.241 e. The van der Waals surface area contributed by atoms with Gasteiger partial charge in [-0.3, -0.25) is 0 Å². The predicted molar refractivity (Wildman–Crippen MR) is 73.6 cm³/mol. The molecule has 1 N–H and O–H groups in total. The molecule has 1 spiro atoms. The highest BCUT2D eigenvalue weighted by Gasteiger charge is 2.47. The van der Waals surface area contributed by atoms with Crippen LogP contribution in [0.1, 0.15) is 25.7 Å². The summed E-state index contributed by atoms with van der Waals surface area (Å²) in [7, 11) is -4.06. The molecule has 0 radical (unpaired) electrons. The largest absolute Gasteiger partial charge is 0.346 e. The van der Waals surface area contributed by atoms with Gasteiger partial charge < -0.3 is 9.47 Å². The minimum Gasteiger partial charge on any atom is -0.346 e. The summed E-state index contributed by atoms with van der Waals surface area (Å²) in [5.74, 6) is -2.84. The Labute approximate surface area is 127 Å². The highest BCUT2D eigenvalue weighted by Crippen LogP contribution is 2.36. The molecule has 0 bridgehead atoms. The Balaban J connectivity index is 1.86. The van der Waals surface area contributed by atoms with E-state index in [1.54, 1.807) is 0 Å². The number of halogens is 2. The molecule has 122 valence electrons. The van der Waals surface area contributed by atoms with Crippen LogP contribution in [-0.2, 0) is 19.5 Å². The Bertz CT molecular complexity index is 639. The summed E-state index contributed by atoms with van der Waals surface area (Å²) >= 11 is 0. The van der Waals surface area contributed by atoms with Crippen molar-refractivity contribution in [2.24, 2.45) is 0 Å². The van der Waals surface area contributed by atoms with Gasteiger partial charge in [-0.15, -0.1) is 0 Å². The second-order valence-corrected chi connectivity index (χ2v) is 7.25. The van der Waals surface area contributed by atoms with Crippen LogP contribution in [0.15, 0.2) is 23.1 Å². The van der Waals surface area contributed by atoms with Crippen molar-refractivity contribution in [3.63, 3.8) is 0 Å². The van der Waals surface area contributed by atoms with Crippen molar-refractivity contribution < 1.29 is 26.7 Å². The molecule has 1 aliphatic heterocycles. The molecule has 1 heterocycles. The summed E-state index contributed by atoms with van der Waals surface area (Å²) in [4.78, 5) is -0.441. The average molecular weight is 333 g/mol. The maximum absolute atomic E-state index is 13.2. The van der Waals surface area contributed by atoms with Gasteiger partial charge >= 0.3 is 0 Å². The van der Waals surface area contributed by atoms with E-state index in [-0.39, 0.29) is 0 Å². The minimum atomic E-state index is -4.06. The van der Waals surface area contributed by atoms with Gasteiger partial charge in [-0.05, 0) is 25.0 Å². The zero-order chi connectivity index (χ0) is 15.8. The van der Waals surface area contributed by atoms with Crippen LogP contribution < -0.4 is 4.72 Å². The van der Waals surface area contributed by atoms with Crippen LogP contribution in [0.2, 0.25) is 0 Å².